The van der Waals surface area contributed by atoms with E-state index < -0.39 is 0 Å². The average molecular weight is 446 g/mol. The van der Waals surface area contributed by atoms with Crippen molar-refractivity contribution in [3.63, 3.8) is 0 Å². The third kappa shape index (κ3) is 6.04. The molecule has 0 radical (unpaired) electrons. The molecule has 31 heavy (non-hydrogen) atoms. The summed E-state index contributed by atoms with van der Waals surface area (Å²) in [6.07, 6.45) is 0.705. The van der Waals surface area contributed by atoms with Crippen LogP contribution in [0.3, 0.4) is 0 Å². The molecule has 1 aliphatic heterocycles. The van der Waals surface area contributed by atoms with E-state index in [1.54, 1.807) is 59.4 Å². The molecule has 7 nitrogen and oxygen atoms in total. The molecule has 1 saturated heterocycles. The van der Waals surface area contributed by atoms with E-state index in [9.17, 15) is 9.59 Å². The largest absolute Gasteiger partial charge is 0.493 e. The molecule has 2 aromatic rings. The van der Waals surface area contributed by atoms with Gasteiger partial charge in [-0.1, -0.05) is 11.6 Å². The summed E-state index contributed by atoms with van der Waals surface area (Å²) in [5, 5.41) is 3.49. The molecule has 0 unspecified atom stereocenters. The van der Waals surface area contributed by atoms with Crippen molar-refractivity contribution < 1.29 is 19.1 Å². The van der Waals surface area contributed by atoms with Crippen molar-refractivity contribution in [1.82, 2.24) is 9.80 Å². The molecule has 166 valence electrons. The first-order valence-electron chi connectivity index (χ1n) is 10.3. The van der Waals surface area contributed by atoms with Gasteiger partial charge in [-0.25, -0.2) is 4.79 Å². The van der Waals surface area contributed by atoms with Crippen molar-refractivity contribution in [2.45, 2.75) is 26.4 Å². The van der Waals surface area contributed by atoms with Crippen LogP contribution in [0.4, 0.5) is 10.5 Å². The van der Waals surface area contributed by atoms with Crippen molar-refractivity contribution in [1.29, 1.82) is 0 Å². The van der Waals surface area contributed by atoms with Gasteiger partial charge in [-0.05, 0) is 62.7 Å². The lowest BCUT2D eigenvalue weighted by atomic mass is 10.1. The molecular formula is C23H28ClN3O4. The molecule has 1 N–H and O–H groups in total. The van der Waals surface area contributed by atoms with Crippen LogP contribution in [-0.2, 0) is 0 Å². The van der Waals surface area contributed by atoms with Gasteiger partial charge in [0.25, 0.3) is 5.91 Å². The Morgan fingerprint density at radius 2 is 1.65 bits per heavy atom. The van der Waals surface area contributed by atoms with Crippen molar-refractivity contribution in [3.05, 3.63) is 53.1 Å². The third-order valence-electron chi connectivity index (χ3n) is 4.94. The van der Waals surface area contributed by atoms with Gasteiger partial charge in [-0.3, -0.25) is 4.79 Å². The normalized spacial score (nSPS) is 14.2. The molecule has 2 aromatic carbocycles. The van der Waals surface area contributed by atoms with Gasteiger partial charge in [-0.2, -0.15) is 0 Å². The zero-order valence-electron chi connectivity index (χ0n) is 18.1. The maximum absolute atomic E-state index is 13.1. The molecule has 1 aliphatic rings. The Morgan fingerprint density at radius 3 is 2.32 bits per heavy atom. The Balaban J connectivity index is 1.62. The van der Waals surface area contributed by atoms with Gasteiger partial charge in [0.2, 0.25) is 0 Å². The van der Waals surface area contributed by atoms with Crippen LogP contribution in [0.5, 0.6) is 11.5 Å². The molecule has 0 saturated carbocycles. The van der Waals surface area contributed by atoms with Crippen LogP contribution in [0.25, 0.3) is 0 Å². The van der Waals surface area contributed by atoms with E-state index in [1.165, 1.54) is 0 Å². The number of carbonyl (C=O) groups excluding carboxylic acids is 2. The number of anilines is 1. The number of nitrogens with zero attached hydrogens (tertiary/aromatic N) is 2. The number of urea groups is 1. The summed E-state index contributed by atoms with van der Waals surface area (Å²) in [6, 6.07) is 12.0. The molecule has 0 aliphatic carbocycles. The Labute approximate surface area is 187 Å². The molecule has 1 heterocycles. The van der Waals surface area contributed by atoms with Gasteiger partial charge in [0.05, 0.1) is 13.2 Å². The number of hydrogen-bond acceptors (Lipinski definition) is 4. The number of ether oxygens (including phenoxy) is 2. The van der Waals surface area contributed by atoms with E-state index in [0.717, 1.165) is 0 Å². The SMILES string of the molecule is COc1cc(C(=O)N2CCCN(C(=O)Nc3ccc(Cl)cc3)CC2)ccc1OC(C)C. The van der Waals surface area contributed by atoms with Crippen LogP contribution in [0.15, 0.2) is 42.5 Å². The third-order valence-corrected chi connectivity index (χ3v) is 5.19. The lowest BCUT2D eigenvalue weighted by Gasteiger charge is -2.23. The summed E-state index contributed by atoms with van der Waals surface area (Å²) in [7, 11) is 1.56. The number of methoxy groups -OCH3 is 1. The quantitative estimate of drug-likeness (QED) is 0.734. The van der Waals surface area contributed by atoms with Crippen molar-refractivity contribution >= 4 is 29.2 Å². The molecule has 0 aromatic heterocycles. The van der Waals surface area contributed by atoms with Crippen LogP contribution in [0, 0.1) is 0 Å². The van der Waals surface area contributed by atoms with Crippen LogP contribution in [-0.4, -0.2) is 61.1 Å². The second-order valence-corrected chi connectivity index (χ2v) is 8.04. The van der Waals surface area contributed by atoms with E-state index in [2.05, 4.69) is 5.32 Å². The van der Waals surface area contributed by atoms with Gasteiger partial charge in [0.15, 0.2) is 11.5 Å². The van der Waals surface area contributed by atoms with Crippen LogP contribution in [0.2, 0.25) is 5.02 Å². The Hall–Kier alpha value is -2.93. The summed E-state index contributed by atoms with van der Waals surface area (Å²) in [5.41, 5.74) is 1.22. The number of amides is 3. The molecular weight excluding hydrogens is 418 g/mol. The summed E-state index contributed by atoms with van der Waals surface area (Å²) in [5.74, 6) is 1.04. The fourth-order valence-electron chi connectivity index (χ4n) is 3.39. The number of benzene rings is 2. The molecule has 1 fully saturated rings. The number of halogens is 1. The maximum Gasteiger partial charge on any atom is 0.321 e. The topological polar surface area (TPSA) is 71.1 Å². The molecule has 0 bridgehead atoms. The second-order valence-electron chi connectivity index (χ2n) is 7.60. The van der Waals surface area contributed by atoms with E-state index in [1.807, 2.05) is 13.8 Å². The highest BCUT2D eigenvalue weighted by atomic mass is 35.5. The van der Waals surface area contributed by atoms with E-state index in [4.69, 9.17) is 21.1 Å². The minimum Gasteiger partial charge on any atom is -0.493 e. The highest BCUT2D eigenvalue weighted by Crippen LogP contribution is 2.29. The second kappa shape index (κ2) is 10.4. The molecule has 3 amide bonds. The Morgan fingerprint density at radius 1 is 0.968 bits per heavy atom. The monoisotopic (exact) mass is 445 g/mol. The van der Waals surface area contributed by atoms with Gasteiger partial charge in [0.1, 0.15) is 0 Å². The predicted octanol–water partition coefficient (Wildman–Crippen LogP) is 4.52. The molecule has 3 rings (SSSR count). The van der Waals surface area contributed by atoms with Gasteiger partial charge in [-0.15, -0.1) is 0 Å². The number of hydrogen-bond donors (Lipinski definition) is 1. The number of carbonyl (C=O) groups is 2. The van der Waals surface area contributed by atoms with E-state index in [0.29, 0.717) is 60.4 Å². The van der Waals surface area contributed by atoms with Gasteiger partial charge < -0.3 is 24.6 Å². The molecule has 0 spiro atoms. The summed E-state index contributed by atoms with van der Waals surface area (Å²) in [6.45, 7) is 5.94. The van der Waals surface area contributed by atoms with Crippen molar-refractivity contribution in [2.75, 3.05) is 38.6 Å². The highest BCUT2D eigenvalue weighted by molar-refractivity contribution is 6.30. The van der Waals surface area contributed by atoms with Crippen molar-refractivity contribution in [3.8, 4) is 11.5 Å². The zero-order valence-corrected chi connectivity index (χ0v) is 18.8. The van der Waals surface area contributed by atoms with Crippen molar-refractivity contribution in [2.24, 2.45) is 0 Å². The number of rotatable bonds is 5. The summed E-state index contributed by atoms with van der Waals surface area (Å²) >= 11 is 5.89. The Kier molecular flexibility index (Phi) is 7.63. The average Bonchev–Trinajstić information content (AvgIpc) is 3.01. The smallest absolute Gasteiger partial charge is 0.321 e. The number of nitrogens with one attached hydrogen (secondary N) is 1. The first kappa shape index (κ1) is 22.7. The maximum atomic E-state index is 13.1. The molecule has 0 atom stereocenters. The lowest BCUT2D eigenvalue weighted by Crippen LogP contribution is -2.39. The fourth-order valence-corrected chi connectivity index (χ4v) is 3.52. The minimum atomic E-state index is -0.187. The standard InChI is InChI=1S/C23H28ClN3O4/c1-16(2)31-20-10-5-17(15-21(20)30-3)22(28)26-11-4-12-27(14-13-26)23(29)25-19-8-6-18(24)7-9-19/h5-10,15-16H,4,11-14H2,1-3H3,(H,25,29). The van der Waals surface area contributed by atoms with E-state index >= 15 is 0 Å². The molecule has 8 heteroatoms. The highest BCUT2D eigenvalue weighted by Gasteiger charge is 2.24. The lowest BCUT2D eigenvalue weighted by molar-refractivity contribution is 0.0762. The summed E-state index contributed by atoms with van der Waals surface area (Å²) < 4.78 is 11.1. The fraction of sp³-hybridized carbons (Fsp3) is 0.391. The predicted molar refractivity (Wildman–Crippen MR) is 121 cm³/mol. The van der Waals surface area contributed by atoms with Crippen LogP contribution in [0.1, 0.15) is 30.6 Å². The Bertz CT molecular complexity index is 918. The summed E-state index contributed by atoms with van der Waals surface area (Å²) in [4.78, 5) is 29.2. The van der Waals surface area contributed by atoms with E-state index in [-0.39, 0.29) is 18.0 Å². The van der Waals surface area contributed by atoms with Crippen LogP contribution >= 0.6 is 11.6 Å². The minimum absolute atomic E-state index is 0.00561. The van der Waals surface area contributed by atoms with Gasteiger partial charge >= 0.3 is 6.03 Å². The van der Waals surface area contributed by atoms with Gasteiger partial charge in [0, 0.05) is 42.5 Å². The first-order valence-corrected chi connectivity index (χ1v) is 10.7. The zero-order chi connectivity index (χ0) is 22.4. The van der Waals surface area contributed by atoms with Crippen LogP contribution < -0.4 is 14.8 Å². The first-order chi connectivity index (χ1) is 14.9.